The Balaban J connectivity index is 1.44. The third-order valence-electron chi connectivity index (χ3n) is 6.87. The summed E-state index contributed by atoms with van der Waals surface area (Å²) in [5.41, 5.74) is 0.812. The van der Waals surface area contributed by atoms with Gasteiger partial charge >= 0.3 is 6.09 Å². The molecule has 0 bridgehead atoms. The van der Waals surface area contributed by atoms with Crippen molar-refractivity contribution in [3.8, 4) is 5.88 Å². The van der Waals surface area contributed by atoms with Crippen LogP contribution >= 0.6 is 11.3 Å². The van der Waals surface area contributed by atoms with Crippen LogP contribution in [0.2, 0.25) is 0 Å². The number of aliphatic hydroxyl groups is 1. The van der Waals surface area contributed by atoms with Gasteiger partial charge in [0.25, 0.3) is 0 Å². The average molecular weight is 476 g/mol. The smallest absolute Gasteiger partial charge is 0.410 e. The van der Waals surface area contributed by atoms with E-state index in [1.165, 1.54) is 10.4 Å². The van der Waals surface area contributed by atoms with E-state index in [4.69, 9.17) is 9.47 Å². The van der Waals surface area contributed by atoms with Gasteiger partial charge in [-0.3, -0.25) is 0 Å². The van der Waals surface area contributed by atoms with Crippen LogP contribution in [-0.4, -0.2) is 57.0 Å². The Morgan fingerprint density at radius 3 is 2.64 bits per heavy atom. The number of aromatic nitrogens is 2. The van der Waals surface area contributed by atoms with Crippen LogP contribution in [0.1, 0.15) is 89.0 Å². The first-order valence-electron chi connectivity index (χ1n) is 12.2. The molecule has 2 aliphatic rings. The number of carbonyl (C=O) groups excluding carboxylic acids is 1. The van der Waals surface area contributed by atoms with Crippen molar-refractivity contribution in [2.45, 2.75) is 109 Å². The zero-order valence-electron chi connectivity index (χ0n) is 20.5. The van der Waals surface area contributed by atoms with Gasteiger partial charge in [-0.25, -0.2) is 14.8 Å². The molecule has 0 aliphatic heterocycles. The molecule has 4 rings (SSSR count). The number of fused-ring (bicyclic) bond motifs is 3. The van der Waals surface area contributed by atoms with Crippen molar-refractivity contribution in [2.24, 2.45) is 0 Å². The summed E-state index contributed by atoms with van der Waals surface area (Å²) in [4.78, 5) is 25.6. The maximum atomic E-state index is 12.4. The summed E-state index contributed by atoms with van der Waals surface area (Å²) in [5, 5.41) is 11.3. The number of amides is 1. The standard InChI is InChI=1S/C25H37N3O4S/c1-6-17(29)13-15-7-12-19-20(15)21-22(26-14-27-23(21)33-19)31-18-10-8-16(9-11-18)28(5)24(30)32-25(2,3)4/h14-18,29H,6-13H2,1-5H3. The molecule has 2 unspecified atom stereocenters. The fourth-order valence-corrected chi connectivity index (χ4v) is 6.28. The van der Waals surface area contributed by atoms with Gasteiger partial charge in [0.05, 0.1) is 11.5 Å². The number of hydrogen-bond acceptors (Lipinski definition) is 7. The molecule has 0 aromatic carbocycles. The normalized spacial score (nSPS) is 23.9. The molecule has 33 heavy (non-hydrogen) atoms. The quantitative estimate of drug-likeness (QED) is 0.599. The number of nitrogens with zero attached hydrogens (tertiary/aromatic N) is 3. The van der Waals surface area contributed by atoms with Gasteiger partial charge in [0, 0.05) is 18.0 Å². The molecule has 2 aromatic rings. The first kappa shape index (κ1) is 24.2. The highest BCUT2D eigenvalue weighted by Gasteiger charge is 2.33. The molecule has 8 heteroatoms. The molecule has 0 saturated heterocycles. The molecule has 7 nitrogen and oxygen atoms in total. The van der Waals surface area contributed by atoms with Crippen molar-refractivity contribution in [3.05, 3.63) is 16.8 Å². The summed E-state index contributed by atoms with van der Waals surface area (Å²) in [6.45, 7) is 7.70. The first-order valence-corrected chi connectivity index (χ1v) is 13.0. The van der Waals surface area contributed by atoms with E-state index in [1.807, 2.05) is 34.7 Å². The molecule has 1 fully saturated rings. The van der Waals surface area contributed by atoms with Crippen molar-refractivity contribution in [1.82, 2.24) is 14.9 Å². The van der Waals surface area contributed by atoms with Gasteiger partial charge in [-0.05, 0) is 83.6 Å². The van der Waals surface area contributed by atoms with Crippen molar-refractivity contribution in [3.63, 3.8) is 0 Å². The van der Waals surface area contributed by atoms with E-state index in [0.717, 1.165) is 61.6 Å². The van der Waals surface area contributed by atoms with Gasteiger partial charge < -0.3 is 19.5 Å². The molecule has 182 valence electrons. The molecular formula is C25H37N3O4S. The van der Waals surface area contributed by atoms with Crippen LogP contribution in [0.5, 0.6) is 5.88 Å². The Bertz CT molecular complexity index is 978. The molecule has 2 aromatic heterocycles. The monoisotopic (exact) mass is 475 g/mol. The number of aliphatic hydroxyl groups excluding tert-OH is 1. The number of carbonyl (C=O) groups is 1. The minimum Gasteiger partial charge on any atom is -0.474 e. The highest BCUT2D eigenvalue weighted by atomic mass is 32.1. The Labute approximate surface area is 200 Å². The topological polar surface area (TPSA) is 84.8 Å². The largest absolute Gasteiger partial charge is 0.474 e. The van der Waals surface area contributed by atoms with Crippen molar-refractivity contribution < 1.29 is 19.4 Å². The van der Waals surface area contributed by atoms with Crippen LogP contribution in [-0.2, 0) is 11.2 Å². The van der Waals surface area contributed by atoms with E-state index in [9.17, 15) is 9.90 Å². The highest BCUT2D eigenvalue weighted by molar-refractivity contribution is 7.19. The molecule has 1 saturated carbocycles. The molecule has 2 aliphatic carbocycles. The lowest BCUT2D eigenvalue weighted by atomic mass is 9.92. The molecule has 0 spiro atoms. The Morgan fingerprint density at radius 1 is 1.24 bits per heavy atom. The van der Waals surface area contributed by atoms with Crippen LogP contribution in [0.3, 0.4) is 0 Å². The van der Waals surface area contributed by atoms with E-state index in [0.29, 0.717) is 11.8 Å². The van der Waals surface area contributed by atoms with Gasteiger partial charge in [-0.15, -0.1) is 11.3 Å². The van der Waals surface area contributed by atoms with Gasteiger partial charge in [0.15, 0.2) is 0 Å². The lowest BCUT2D eigenvalue weighted by Crippen LogP contribution is -2.43. The predicted molar refractivity (Wildman–Crippen MR) is 130 cm³/mol. The van der Waals surface area contributed by atoms with Gasteiger partial charge in [0.2, 0.25) is 5.88 Å². The average Bonchev–Trinajstić information content (AvgIpc) is 3.32. The highest BCUT2D eigenvalue weighted by Crippen LogP contribution is 2.48. The van der Waals surface area contributed by atoms with Gasteiger partial charge in [-0.1, -0.05) is 6.92 Å². The minimum absolute atomic E-state index is 0.0722. The maximum absolute atomic E-state index is 12.4. The Kier molecular flexibility index (Phi) is 7.15. The predicted octanol–water partition coefficient (Wildman–Crippen LogP) is 5.44. The van der Waals surface area contributed by atoms with E-state index >= 15 is 0 Å². The summed E-state index contributed by atoms with van der Waals surface area (Å²) in [5.74, 6) is 1.02. The lowest BCUT2D eigenvalue weighted by molar-refractivity contribution is 0.0137. The zero-order chi connectivity index (χ0) is 23.8. The van der Waals surface area contributed by atoms with E-state index in [1.54, 1.807) is 22.6 Å². The maximum Gasteiger partial charge on any atom is 0.410 e. The number of ether oxygens (including phenoxy) is 2. The fraction of sp³-hybridized carbons (Fsp3) is 0.720. The molecule has 0 radical (unpaired) electrons. The summed E-state index contributed by atoms with van der Waals surface area (Å²) in [6, 6.07) is 0.162. The SMILES string of the molecule is CCC(O)CC1CCc2sc3ncnc(OC4CCC(N(C)C(=O)OC(C)(C)C)CC4)c3c21. The zero-order valence-corrected chi connectivity index (χ0v) is 21.3. The number of hydrogen-bond donors (Lipinski definition) is 1. The van der Waals surface area contributed by atoms with Gasteiger partial charge in [0.1, 0.15) is 22.9 Å². The number of thiophene rings is 1. The van der Waals surface area contributed by atoms with Crippen LogP contribution in [0.4, 0.5) is 4.79 Å². The Morgan fingerprint density at radius 2 is 1.97 bits per heavy atom. The van der Waals surface area contributed by atoms with Crippen molar-refractivity contribution in [1.29, 1.82) is 0 Å². The third-order valence-corrected chi connectivity index (χ3v) is 8.05. The second-order valence-corrected chi connectivity index (χ2v) is 11.6. The van der Waals surface area contributed by atoms with Crippen molar-refractivity contribution >= 4 is 27.6 Å². The number of rotatable bonds is 6. The van der Waals surface area contributed by atoms with E-state index in [-0.39, 0.29) is 24.3 Å². The molecular weight excluding hydrogens is 438 g/mol. The van der Waals surface area contributed by atoms with E-state index < -0.39 is 5.60 Å². The number of aryl methyl sites for hydroxylation is 1. The summed E-state index contributed by atoms with van der Waals surface area (Å²) < 4.78 is 12.0. The lowest BCUT2D eigenvalue weighted by Gasteiger charge is -2.35. The summed E-state index contributed by atoms with van der Waals surface area (Å²) in [7, 11) is 1.83. The molecule has 2 heterocycles. The van der Waals surface area contributed by atoms with Crippen LogP contribution < -0.4 is 4.74 Å². The molecule has 1 amide bonds. The summed E-state index contributed by atoms with van der Waals surface area (Å²) >= 11 is 1.74. The van der Waals surface area contributed by atoms with Crippen LogP contribution in [0, 0.1) is 0 Å². The minimum atomic E-state index is -0.490. The van der Waals surface area contributed by atoms with Crippen molar-refractivity contribution in [2.75, 3.05) is 7.05 Å². The first-order chi connectivity index (χ1) is 15.7. The molecule has 2 atom stereocenters. The summed E-state index contributed by atoms with van der Waals surface area (Å²) in [6.07, 6.45) is 8.29. The third kappa shape index (κ3) is 5.43. The second kappa shape index (κ2) is 9.74. The second-order valence-electron chi connectivity index (χ2n) is 10.5. The van der Waals surface area contributed by atoms with E-state index in [2.05, 4.69) is 9.97 Å². The molecule has 1 N–H and O–H groups in total. The van der Waals surface area contributed by atoms with Crippen LogP contribution in [0.15, 0.2) is 6.33 Å². The van der Waals surface area contributed by atoms with Crippen LogP contribution in [0.25, 0.3) is 10.2 Å². The van der Waals surface area contributed by atoms with Gasteiger partial charge in [-0.2, -0.15) is 0 Å². The fourth-order valence-electron chi connectivity index (χ4n) is 5.05. The Hall–Kier alpha value is -1.93.